The molecule has 0 unspecified atom stereocenters. The molecule has 31 heavy (non-hydrogen) atoms. The molecule has 160 valence electrons. The third-order valence-electron chi connectivity index (χ3n) is 4.43. The molecule has 0 amide bonds. The van der Waals surface area contributed by atoms with Crippen LogP contribution in [0.25, 0.3) is 11.1 Å². The molecule has 2 heterocycles. The Balaban J connectivity index is 1.64. The van der Waals surface area contributed by atoms with Crippen molar-refractivity contribution in [3.05, 3.63) is 64.3 Å². The van der Waals surface area contributed by atoms with Crippen LogP contribution in [0.5, 0.6) is 5.75 Å². The molecule has 0 saturated heterocycles. The molecule has 0 aliphatic rings. The second-order valence-corrected chi connectivity index (χ2v) is 6.61. The normalized spacial score (nSPS) is 11.5. The number of benzene rings is 2. The Kier molecular flexibility index (Phi) is 5.01. The first-order chi connectivity index (χ1) is 14.7. The molecular weight excluding hydrogens is 415 g/mol. The van der Waals surface area contributed by atoms with E-state index >= 15 is 0 Å². The number of halogens is 3. The van der Waals surface area contributed by atoms with Gasteiger partial charge in [-0.15, -0.1) is 0 Å². The highest BCUT2D eigenvalue weighted by atomic mass is 19.4. The zero-order valence-electron chi connectivity index (χ0n) is 16.3. The van der Waals surface area contributed by atoms with Crippen LogP contribution in [-0.4, -0.2) is 22.1 Å². The first kappa shape index (κ1) is 20.3. The summed E-state index contributed by atoms with van der Waals surface area (Å²) in [4.78, 5) is 22.4. The van der Waals surface area contributed by atoms with E-state index in [1.54, 1.807) is 25.1 Å². The molecule has 3 N–H and O–H groups in total. The lowest BCUT2D eigenvalue weighted by atomic mass is 10.2. The highest BCUT2D eigenvalue weighted by Crippen LogP contribution is 2.36. The number of aromatic nitrogens is 3. The molecule has 0 saturated carbocycles. The van der Waals surface area contributed by atoms with Crippen molar-refractivity contribution in [3.8, 4) is 5.75 Å². The highest BCUT2D eigenvalue weighted by molar-refractivity contribution is 5.78. The van der Waals surface area contributed by atoms with E-state index in [4.69, 9.17) is 9.15 Å². The number of fused-ring (bicyclic) bond motifs is 1. The molecule has 0 atom stereocenters. The topological polar surface area (TPSA) is 105 Å². The van der Waals surface area contributed by atoms with E-state index in [0.29, 0.717) is 28.2 Å². The first-order valence-electron chi connectivity index (χ1n) is 8.99. The summed E-state index contributed by atoms with van der Waals surface area (Å²) in [5.74, 6) is 0.144. The third-order valence-corrected chi connectivity index (χ3v) is 4.43. The lowest BCUT2D eigenvalue weighted by Crippen LogP contribution is -2.07. The van der Waals surface area contributed by atoms with Gasteiger partial charge in [-0.2, -0.15) is 18.2 Å². The quantitative estimate of drug-likeness (QED) is 0.419. The number of alkyl halides is 3. The summed E-state index contributed by atoms with van der Waals surface area (Å²) >= 11 is 0. The van der Waals surface area contributed by atoms with Crippen LogP contribution in [0.2, 0.25) is 0 Å². The molecule has 0 radical (unpaired) electrons. The number of methoxy groups -OCH3 is 1. The van der Waals surface area contributed by atoms with Crippen molar-refractivity contribution >= 4 is 34.2 Å². The van der Waals surface area contributed by atoms with Crippen LogP contribution in [0.4, 0.5) is 36.3 Å². The summed E-state index contributed by atoms with van der Waals surface area (Å²) in [6, 6.07) is 8.08. The van der Waals surface area contributed by atoms with Gasteiger partial charge in [-0.05, 0) is 43.3 Å². The molecule has 0 spiro atoms. The van der Waals surface area contributed by atoms with Crippen LogP contribution in [0.1, 0.15) is 11.1 Å². The van der Waals surface area contributed by atoms with Gasteiger partial charge in [0.05, 0.1) is 23.9 Å². The fraction of sp³-hybridized carbons (Fsp3) is 0.150. The van der Waals surface area contributed by atoms with Crippen molar-refractivity contribution in [3.63, 3.8) is 0 Å². The predicted octanol–water partition coefficient (Wildman–Crippen LogP) is 4.73. The number of H-pyrrole nitrogens is 1. The average Bonchev–Trinajstić information content (AvgIpc) is 3.09. The number of hydrogen-bond acceptors (Lipinski definition) is 7. The van der Waals surface area contributed by atoms with Gasteiger partial charge in [0.1, 0.15) is 11.6 Å². The number of oxazole rings is 1. The van der Waals surface area contributed by atoms with Crippen molar-refractivity contribution in [1.29, 1.82) is 0 Å². The maximum atomic E-state index is 13.1. The van der Waals surface area contributed by atoms with E-state index in [1.807, 2.05) is 0 Å². The summed E-state index contributed by atoms with van der Waals surface area (Å²) in [5.41, 5.74) is 1.48. The largest absolute Gasteiger partial charge is 0.495 e. The predicted molar refractivity (Wildman–Crippen MR) is 108 cm³/mol. The number of aromatic amines is 1. The second-order valence-electron chi connectivity index (χ2n) is 6.61. The summed E-state index contributed by atoms with van der Waals surface area (Å²) in [5, 5.41) is 5.87. The Hall–Kier alpha value is -4.02. The molecular formula is C20H16F3N5O3. The fourth-order valence-corrected chi connectivity index (χ4v) is 2.90. The van der Waals surface area contributed by atoms with Crippen LogP contribution < -0.4 is 21.1 Å². The van der Waals surface area contributed by atoms with Gasteiger partial charge in [0.25, 0.3) is 0 Å². The van der Waals surface area contributed by atoms with E-state index in [0.717, 1.165) is 12.1 Å². The van der Waals surface area contributed by atoms with Crippen LogP contribution >= 0.6 is 0 Å². The van der Waals surface area contributed by atoms with E-state index in [1.165, 1.54) is 19.4 Å². The summed E-state index contributed by atoms with van der Waals surface area (Å²) < 4.78 is 49.3. The van der Waals surface area contributed by atoms with Crippen molar-refractivity contribution in [2.45, 2.75) is 13.1 Å². The Morgan fingerprint density at radius 3 is 2.68 bits per heavy atom. The zero-order chi connectivity index (χ0) is 22.2. The maximum Gasteiger partial charge on any atom is 0.417 e. The lowest BCUT2D eigenvalue weighted by molar-refractivity contribution is -0.137. The maximum absolute atomic E-state index is 13.1. The molecule has 0 aliphatic heterocycles. The number of anilines is 4. The van der Waals surface area contributed by atoms with Crippen molar-refractivity contribution in [2.24, 2.45) is 0 Å². The Morgan fingerprint density at radius 2 is 1.94 bits per heavy atom. The van der Waals surface area contributed by atoms with E-state index in [-0.39, 0.29) is 17.4 Å². The standard InChI is InChI=1S/C20H16F3N5O3/c1-10-9-24-18(26-13-7-11(20(21,22)23)3-5-15(13)30-2)28-17(10)25-12-4-6-16-14(8-12)27-19(29)31-16/h3-9H,1-2H3,(H,27,29)(H2,24,25,26,28). The number of ether oxygens (including phenoxy) is 1. The lowest BCUT2D eigenvalue weighted by Gasteiger charge is -2.15. The van der Waals surface area contributed by atoms with Gasteiger partial charge in [0.15, 0.2) is 5.58 Å². The molecule has 11 heteroatoms. The first-order valence-corrected chi connectivity index (χ1v) is 8.99. The Morgan fingerprint density at radius 1 is 1.13 bits per heavy atom. The van der Waals surface area contributed by atoms with Crippen LogP contribution in [0.15, 0.2) is 51.8 Å². The van der Waals surface area contributed by atoms with Crippen LogP contribution in [0, 0.1) is 6.92 Å². The van der Waals surface area contributed by atoms with Crippen molar-refractivity contribution in [1.82, 2.24) is 15.0 Å². The molecule has 0 aliphatic carbocycles. The van der Waals surface area contributed by atoms with E-state index in [2.05, 4.69) is 25.6 Å². The van der Waals surface area contributed by atoms with E-state index < -0.39 is 17.5 Å². The van der Waals surface area contributed by atoms with Gasteiger partial charge in [-0.1, -0.05) is 0 Å². The van der Waals surface area contributed by atoms with Gasteiger partial charge in [-0.3, -0.25) is 4.98 Å². The fourth-order valence-electron chi connectivity index (χ4n) is 2.90. The molecule has 0 bridgehead atoms. The minimum atomic E-state index is -4.50. The zero-order valence-corrected chi connectivity index (χ0v) is 16.3. The summed E-state index contributed by atoms with van der Waals surface area (Å²) in [6.07, 6.45) is -2.98. The van der Waals surface area contributed by atoms with Gasteiger partial charge in [-0.25, -0.2) is 9.78 Å². The van der Waals surface area contributed by atoms with Gasteiger partial charge in [0.2, 0.25) is 5.95 Å². The molecule has 0 fully saturated rings. The van der Waals surface area contributed by atoms with Crippen molar-refractivity contribution in [2.75, 3.05) is 17.7 Å². The number of rotatable bonds is 5. The van der Waals surface area contributed by atoms with Crippen LogP contribution in [-0.2, 0) is 6.18 Å². The average molecular weight is 431 g/mol. The molecule has 2 aromatic carbocycles. The second kappa shape index (κ2) is 7.67. The van der Waals surface area contributed by atoms with Gasteiger partial charge in [0, 0.05) is 17.4 Å². The number of aryl methyl sites for hydroxylation is 1. The third kappa shape index (κ3) is 4.29. The molecule has 2 aromatic heterocycles. The monoisotopic (exact) mass is 431 g/mol. The highest BCUT2D eigenvalue weighted by Gasteiger charge is 2.31. The minimum Gasteiger partial charge on any atom is -0.495 e. The molecule has 8 nitrogen and oxygen atoms in total. The number of hydrogen-bond donors (Lipinski definition) is 3. The summed E-state index contributed by atoms with van der Waals surface area (Å²) in [6.45, 7) is 1.77. The Labute approximate surface area is 173 Å². The Bertz CT molecular complexity index is 1310. The van der Waals surface area contributed by atoms with Gasteiger partial charge < -0.3 is 19.8 Å². The van der Waals surface area contributed by atoms with Crippen LogP contribution in [0.3, 0.4) is 0 Å². The molecule has 4 rings (SSSR count). The number of nitrogens with zero attached hydrogens (tertiary/aromatic N) is 2. The van der Waals surface area contributed by atoms with E-state index in [9.17, 15) is 18.0 Å². The minimum absolute atomic E-state index is 0.0727. The molecule has 4 aromatic rings. The van der Waals surface area contributed by atoms with Crippen molar-refractivity contribution < 1.29 is 22.3 Å². The van der Waals surface area contributed by atoms with Gasteiger partial charge >= 0.3 is 11.9 Å². The summed E-state index contributed by atoms with van der Waals surface area (Å²) in [7, 11) is 1.35. The smallest absolute Gasteiger partial charge is 0.417 e. The SMILES string of the molecule is COc1ccc(C(F)(F)F)cc1Nc1ncc(C)c(Nc2ccc3oc(=O)[nH]c3c2)n1. The number of nitrogens with one attached hydrogen (secondary N) is 3.